The molecule has 4 N–H and O–H groups in total. The molecule has 0 bridgehead atoms. The molecule has 128 valence electrons. The number of halogens is 2. The minimum atomic E-state index is 0. The van der Waals surface area contributed by atoms with E-state index in [9.17, 15) is 0 Å². The van der Waals surface area contributed by atoms with E-state index in [1.165, 1.54) is 4.90 Å². The number of amidine groups is 1. The summed E-state index contributed by atoms with van der Waals surface area (Å²) in [6.45, 7) is 1.43. The number of nitrogens with one attached hydrogen (secondary N) is 1. The Labute approximate surface area is 157 Å². The third-order valence-corrected chi connectivity index (χ3v) is 4.62. The van der Waals surface area contributed by atoms with Crippen molar-refractivity contribution in [1.29, 1.82) is 0 Å². The highest BCUT2D eigenvalue weighted by atomic mass is 35.5. The predicted molar refractivity (Wildman–Crippen MR) is 106 cm³/mol. The maximum atomic E-state index is 8.85. The van der Waals surface area contributed by atoms with E-state index in [2.05, 4.69) is 16.4 Å². The van der Waals surface area contributed by atoms with Gasteiger partial charge in [-0.1, -0.05) is 6.07 Å². The largest absolute Gasteiger partial charge is 0.395 e. The SMILES string of the molecule is CSc1ccc(N=C(N)c2cccs2)cc1CNCCO.Cl.Cl. The molecule has 8 heteroatoms. The molecule has 4 nitrogen and oxygen atoms in total. The number of hydrogen-bond donors (Lipinski definition) is 3. The van der Waals surface area contributed by atoms with E-state index in [0.717, 1.165) is 16.1 Å². The maximum absolute atomic E-state index is 8.85. The molecule has 23 heavy (non-hydrogen) atoms. The molecule has 1 aromatic carbocycles. The fourth-order valence-corrected chi connectivity index (χ4v) is 3.12. The second-order valence-electron chi connectivity index (χ2n) is 4.37. The molecule has 0 radical (unpaired) electrons. The zero-order chi connectivity index (χ0) is 15.1. The van der Waals surface area contributed by atoms with Crippen molar-refractivity contribution in [2.75, 3.05) is 19.4 Å². The van der Waals surface area contributed by atoms with Crippen LogP contribution in [0.5, 0.6) is 0 Å². The fourth-order valence-electron chi connectivity index (χ4n) is 1.89. The van der Waals surface area contributed by atoms with Gasteiger partial charge in [-0.25, -0.2) is 4.99 Å². The van der Waals surface area contributed by atoms with Crippen molar-refractivity contribution >= 4 is 59.4 Å². The number of rotatable bonds is 7. The maximum Gasteiger partial charge on any atom is 0.141 e. The Kier molecular flexibility index (Phi) is 11.3. The second kappa shape index (κ2) is 11.7. The number of nitrogens with zero attached hydrogens (tertiary/aromatic N) is 1. The van der Waals surface area contributed by atoms with Crippen molar-refractivity contribution in [3.05, 3.63) is 46.2 Å². The Balaban J connectivity index is 0.00000242. The second-order valence-corrected chi connectivity index (χ2v) is 6.17. The van der Waals surface area contributed by atoms with E-state index in [1.807, 2.05) is 35.9 Å². The lowest BCUT2D eigenvalue weighted by atomic mass is 10.2. The van der Waals surface area contributed by atoms with Gasteiger partial charge in [-0.2, -0.15) is 0 Å². The van der Waals surface area contributed by atoms with Crippen molar-refractivity contribution in [1.82, 2.24) is 5.32 Å². The van der Waals surface area contributed by atoms with Crippen molar-refractivity contribution in [3.63, 3.8) is 0 Å². The van der Waals surface area contributed by atoms with Crippen LogP contribution < -0.4 is 11.1 Å². The van der Waals surface area contributed by atoms with Crippen LogP contribution in [0.4, 0.5) is 5.69 Å². The summed E-state index contributed by atoms with van der Waals surface area (Å²) < 4.78 is 0. The number of benzene rings is 1. The van der Waals surface area contributed by atoms with Crippen LogP contribution in [0.25, 0.3) is 0 Å². The molecular formula is C15H21Cl2N3OS2. The third-order valence-electron chi connectivity index (χ3n) is 2.89. The van der Waals surface area contributed by atoms with Gasteiger partial charge < -0.3 is 16.2 Å². The lowest BCUT2D eigenvalue weighted by Gasteiger charge is -2.09. The molecule has 1 heterocycles. The summed E-state index contributed by atoms with van der Waals surface area (Å²) in [6.07, 6.45) is 2.05. The van der Waals surface area contributed by atoms with Crippen molar-refractivity contribution in [3.8, 4) is 0 Å². The smallest absolute Gasteiger partial charge is 0.141 e. The van der Waals surface area contributed by atoms with Gasteiger partial charge in [0.15, 0.2) is 0 Å². The Hall–Kier alpha value is -0.760. The van der Waals surface area contributed by atoms with Crippen LogP contribution in [0.15, 0.2) is 45.6 Å². The number of thiophene rings is 1. The predicted octanol–water partition coefficient (Wildman–Crippen LogP) is 3.43. The summed E-state index contributed by atoms with van der Waals surface area (Å²) in [5, 5.41) is 14.0. The zero-order valence-corrected chi connectivity index (χ0v) is 16.0. The van der Waals surface area contributed by atoms with Gasteiger partial charge in [0.2, 0.25) is 0 Å². The standard InChI is InChI=1S/C15H19N3OS2.2ClH/c1-20-13-5-4-12(9-11(13)10-17-6-7-19)18-15(16)14-3-2-8-21-14;;/h2-5,8-9,17,19H,6-7,10H2,1H3,(H2,16,18);2*1H. The number of aliphatic hydroxyl groups is 1. The minimum Gasteiger partial charge on any atom is -0.395 e. The summed E-state index contributed by atoms with van der Waals surface area (Å²) in [4.78, 5) is 6.66. The first-order valence-electron chi connectivity index (χ1n) is 6.61. The number of nitrogens with two attached hydrogens (primary N) is 1. The molecule has 0 aliphatic rings. The Morgan fingerprint density at radius 3 is 2.74 bits per heavy atom. The molecule has 2 aromatic rings. The van der Waals surface area contributed by atoms with E-state index in [0.29, 0.717) is 18.9 Å². The van der Waals surface area contributed by atoms with Gasteiger partial charge in [-0.3, -0.25) is 0 Å². The first kappa shape index (κ1) is 22.2. The fraction of sp³-hybridized carbons (Fsp3) is 0.267. The highest BCUT2D eigenvalue weighted by Gasteiger charge is 2.05. The Morgan fingerprint density at radius 1 is 1.35 bits per heavy atom. The number of aliphatic imine (C=N–C) groups is 1. The molecule has 1 aromatic heterocycles. The first-order valence-corrected chi connectivity index (χ1v) is 8.71. The zero-order valence-electron chi connectivity index (χ0n) is 12.7. The summed E-state index contributed by atoms with van der Waals surface area (Å²) >= 11 is 3.28. The van der Waals surface area contributed by atoms with E-state index < -0.39 is 0 Å². The molecule has 0 aliphatic heterocycles. The van der Waals surface area contributed by atoms with Crippen LogP contribution in [-0.4, -0.2) is 30.3 Å². The molecular weight excluding hydrogens is 373 g/mol. The number of hydrogen-bond acceptors (Lipinski definition) is 5. The van der Waals surface area contributed by atoms with Gasteiger partial charge in [0, 0.05) is 18.0 Å². The van der Waals surface area contributed by atoms with E-state index >= 15 is 0 Å². The number of aliphatic hydroxyl groups excluding tert-OH is 1. The average molecular weight is 394 g/mol. The lowest BCUT2D eigenvalue weighted by Crippen LogP contribution is -2.17. The van der Waals surface area contributed by atoms with Crippen LogP contribution in [-0.2, 0) is 6.54 Å². The lowest BCUT2D eigenvalue weighted by molar-refractivity contribution is 0.292. The van der Waals surface area contributed by atoms with Crippen LogP contribution in [0, 0.1) is 0 Å². The first-order chi connectivity index (χ1) is 10.2. The van der Waals surface area contributed by atoms with Crippen LogP contribution in [0.2, 0.25) is 0 Å². The van der Waals surface area contributed by atoms with E-state index in [1.54, 1.807) is 23.1 Å². The quantitative estimate of drug-likeness (QED) is 0.291. The summed E-state index contributed by atoms with van der Waals surface area (Å²) in [5.74, 6) is 0.538. The van der Waals surface area contributed by atoms with Crippen molar-refractivity contribution in [2.24, 2.45) is 10.7 Å². The minimum absolute atomic E-state index is 0. The number of thioether (sulfide) groups is 1. The van der Waals surface area contributed by atoms with E-state index in [-0.39, 0.29) is 31.4 Å². The van der Waals surface area contributed by atoms with Gasteiger partial charge >= 0.3 is 0 Å². The Bertz CT molecular complexity index is 607. The highest BCUT2D eigenvalue weighted by Crippen LogP contribution is 2.26. The Morgan fingerprint density at radius 2 is 2.13 bits per heavy atom. The molecule has 0 aliphatic carbocycles. The average Bonchev–Trinajstić information content (AvgIpc) is 3.02. The third kappa shape index (κ3) is 6.71. The van der Waals surface area contributed by atoms with Crippen molar-refractivity contribution < 1.29 is 5.11 Å². The van der Waals surface area contributed by atoms with Crippen LogP contribution in [0.3, 0.4) is 0 Å². The van der Waals surface area contributed by atoms with Gasteiger partial charge in [0.05, 0.1) is 17.2 Å². The van der Waals surface area contributed by atoms with Crippen molar-refractivity contribution in [2.45, 2.75) is 11.4 Å². The molecule has 2 rings (SSSR count). The molecule has 0 amide bonds. The monoisotopic (exact) mass is 393 g/mol. The molecule has 0 saturated carbocycles. The topological polar surface area (TPSA) is 70.6 Å². The summed E-state index contributed by atoms with van der Waals surface area (Å²) in [7, 11) is 0. The van der Waals surface area contributed by atoms with Gasteiger partial charge in [0.1, 0.15) is 5.84 Å². The van der Waals surface area contributed by atoms with Gasteiger partial charge in [0.25, 0.3) is 0 Å². The molecule has 0 saturated heterocycles. The van der Waals surface area contributed by atoms with Gasteiger partial charge in [-0.15, -0.1) is 47.9 Å². The molecule has 0 unspecified atom stereocenters. The molecule has 0 atom stereocenters. The van der Waals surface area contributed by atoms with E-state index in [4.69, 9.17) is 10.8 Å². The van der Waals surface area contributed by atoms with Gasteiger partial charge in [-0.05, 0) is 41.5 Å². The highest BCUT2D eigenvalue weighted by molar-refractivity contribution is 7.98. The molecule has 0 fully saturated rings. The van der Waals surface area contributed by atoms with Crippen LogP contribution >= 0.6 is 47.9 Å². The summed E-state index contributed by atoms with van der Waals surface area (Å²) in [5.41, 5.74) is 8.03. The summed E-state index contributed by atoms with van der Waals surface area (Å²) in [6, 6.07) is 9.99. The molecule has 0 spiro atoms. The van der Waals surface area contributed by atoms with Crippen LogP contribution in [0.1, 0.15) is 10.4 Å². The normalized spacial score (nSPS) is 10.8.